The van der Waals surface area contributed by atoms with Gasteiger partial charge in [-0.05, 0) is 53.1 Å². The monoisotopic (exact) mass is 484 g/mol. The van der Waals surface area contributed by atoms with Gasteiger partial charge in [-0.2, -0.15) is 0 Å². The fourth-order valence-electron chi connectivity index (χ4n) is 3.32. The van der Waals surface area contributed by atoms with Gasteiger partial charge in [0.15, 0.2) is 0 Å². The molecule has 3 aromatic rings. The molecule has 5 nitrogen and oxygen atoms in total. The predicted molar refractivity (Wildman–Crippen MR) is 126 cm³/mol. The quantitative estimate of drug-likeness (QED) is 0.369. The van der Waals surface area contributed by atoms with Gasteiger partial charge in [-0.25, -0.2) is 9.69 Å². The lowest BCUT2D eigenvalue weighted by Crippen LogP contribution is -2.54. The average Bonchev–Trinajstić information content (AvgIpc) is 2.74. The van der Waals surface area contributed by atoms with Gasteiger partial charge in [0.05, 0.1) is 5.69 Å². The minimum atomic E-state index is -0.840. The van der Waals surface area contributed by atoms with Crippen molar-refractivity contribution in [1.29, 1.82) is 0 Å². The molecule has 1 heterocycles. The van der Waals surface area contributed by atoms with Crippen molar-refractivity contribution in [3.05, 3.63) is 104 Å². The topological polar surface area (TPSA) is 66.5 Å². The number of carbonyl (C=O) groups excluding carboxylic acids is 3. The first-order chi connectivity index (χ1) is 15.3. The summed E-state index contributed by atoms with van der Waals surface area (Å²) in [5.74, 6) is -1.54. The van der Waals surface area contributed by atoms with Gasteiger partial charge in [0.1, 0.15) is 5.57 Å². The van der Waals surface area contributed by atoms with Crippen LogP contribution in [-0.4, -0.2) is 17.8 Å². The third kappa shape index (κ3) is 4.55. The van der Waals surface area contributed by atoms with Gasteiger partial charge < -0.3 is 0 Å². The summed E-state index contributed by atoms with van der Waals surface area (Å²) in [4.78, 5) is 38.5. The van der Waals surface area contributed by atoms with Crippen LogP contribution in [0.25, 0.3) is 6.08 Å². The van der Waals surface area contributed by atoms with Crippen molar-refractivity contribution >= 4 is 64.4 Å². The summed E-state index contributed by atoms with van der Waals surface area (Å²) < 4.78 is 0. The number of amides is 4. The molecular weight excluding hydrogens is 471 g/mol. The number of barbiturate groups is 1. The highest BCUT2D eigenvalue weighted by atomic mass is 35.5. The van der Waals surface area contributed by atoms with Crippen LogP contribution in [-0.2, 0) is 16.0 Å². The summed E-state index contributed by atoms with van der Waals surface area (Å²) in [6, 6.07) is 18.1. The van der Waals surface area contributed by atoms with Crippen LogP contribution in [0.3, 0.4) is 0 Å². The molecular formula is C24H15Cl3N2O3. The number of nitrogens with one attached hydrogen (secondary N) is 1. The zero-order valence-corrected chi connectivity index (χ0v) is 18.7. The predicted octanol–water partition coefficient (Wildman–Crippen LogP) is 5.90. The van der Waals surface area contributed by atoms with Gasteiger partial charge in [-0.15, -0.1) is 0 Å². The Morgan fingerprint density at radius 3 is 2.28 bits per heavy atom. The lowest BCUT2D eigenvalue weighted by atomic mass is 10.0. The molecule has 0 saturated carbocycles. The van der Waals surface area contributed by atoms with Crippen molar-refractivity contribution in [3.8, 4) is 0 Å². The maximum Gasteiger partial charge on any atom is 0.335 e. The maximum absolute atomic E-state index is 13.0. The first kappa shape index (κ1) is 22.1. The number of benzene rings is 3. The van der Waals surface area contributed by atoms with E-state index in [4.69, 9.17) is 34.8 Å². The molecule has 0 aliphatic carbocycles. The fraction of sp³-hybridized carbons (Fsp3) is 0.0417. The summed E-state index contributed by atoms with van der Waals surface area (Å²) in [7, 11) is 0. The molecule has 1 aliphatic rings. The number of hydrogen-bond acceptors (Lipinski definition) is 3. The molecule has 0 spiro atoms. The van der Waals surface area contributed by atoms with Crippen LogP contribution in [0.2, 0.25) is 15.1 Å². The molecule has 1 aliphatic heterocycles. The minimum Gasteiger partial charge on any atom is -0.273 e. The van der Waals surface area contributed by atoms with Gasteiger partial charge in [0.2, 0.25) is 0 Å². The van der Waals surface area contributed by atoms with Crippen molar-refractivity contribution in [1.82, 2.24) is 5.32 Å². The van der Waals surface area contributed by atoms with Gasteiger partial charge in [0.25, 0.3) is 11.8 Å². The van der Waals surface area contributed by atoms with E-state index in [1.54, 1.807) is 30.3 Å². The van der Waals surface area contributed by atoms with Crippen LogP contribution >= 0.6 is 34.8 Å². The van der Waals surface area contributed by atoms with Crippen molar-refractivity contribution in [2.45, 2.75) is 6.42 Å². The van der Waals surface area contributed by atoms with Gasteiger partial charge >= 0.3 is 6.03 Å². The largest absolute Gasteiger partial charge is 0.335 e. The van der Waals surface area contributed by atoms with Crippen LogP contribution in [0.15, 0.2) is 72.3 Å². The molecule has 4 rings (SSSR count). The highest BCUT2D eigenvalue weighted by molar-refractivity contribution is 6.39. The van der Waals surface area contributed by atoms with Crippen LogP contribution < -0.4 is 10.2 Å². The average molecular weight is 486 g/mol. The Morgan fingerprint density at radius 2 is 1.56 bits per heavy atom. The zero-order valence-electron chi connectivity index (χ0n) is 16.4. The number of hydrogen-bond donors (Lipinski definition) is 1. The van der Waals surface area contributed by atoms with E-state index in [1.807, 2.05) is 30.3 Å². The summed E-state index contributed by atoms with van der Waals surface area (Å²) in [5.41, 5.74) is 2.37. The Bertz CT molecular complexity index is 1290. The highest BCUT2D eigenvalue weighted by Gasteiger charge is 2.36. The summed E-state index contributed by atoms with van der Waals surface area (Å²) in [6.07, 6.45) is 1.93. The standard InChI is InChI=1S/C24H15Cl3N2O3/c25-17-5-3-6-18(13-17)29-23(31)19(22(30)28-24(29)32)10-14-8-9-16(21(27)11-14)12-15-4-1-2-7-20(15)26/h1-11,13H,12H2,(H,28,30,32)/b19-10+. The van der Waals surface area contributed by atoms with Crippen molar-refractivity contribution in [2.75, 3.05) is 4.90 Å². The molecule has 4 amide bonds. The number of anilines is 1. The van der Waals surface area contributed by atoms with Gasteiger partial charge in [-0.3, -0.25) is 14.9 Å². The van der Waals surface area contributed by atoms with E-state index in [0.717, 1.165) is 16.0 Å². The van der Waals surface area contributed by atoms with Crippen LogP contribution in [0.5, 0.6) is 0 Å². The zero-order chi connectivity index (χ0) is 22.8. The first-order valence-corrected chi connectivity index (χ1v) is 10.7. The first-order valence-electron chi connectivity index (χ1n) is 9.52. The van der Waals surface area contributed by atoms with Gasteiger partial charge in [0, 0.05) is 21.5 Å². The second-order valence-corrected chi connectivity index (χ2v) is 8.31. The molecule has 0 aromatic heterocycles. The lowest BCUT2D eigenvalue weighted by molar-refractivity contribution is -0.122. The Balaban J connectivity index is 1.64. The number of urea groups is 1. The van der Waals surface area contributed by atoms with Crippen molar-refractivity contribution in [3.63, 3.8) is 0 Å². The molecule has 0 radical (unpaired) electrons. The van der Waals surface area contributed by atoms with E-state index in [0.29, 0.717) is 27.1 Å². The van der Waals surface area contributed by atoms with E-state index in [1.165, 1.54) is 12.1 Å². The van der Waals surface area contributed by atoms with E-state index < -0.39 is 17.8 Å². The van der Waals surface area contributed by atoms with Crippen LogP contribution in [0, 0.1) is 0 Å². The third-order valence-electron chi connectivity index (χ3n) is 4.89. The second kappa shape index (κ2) is 9.17. The number of nitrogens with zero attached hydrogens (tertiary/aromatic N) is 1. The SMILES string of the molecule is O=C1NC(=O)N(c2cccc(Cl)c2)C(=O)/C1=C/c1ccc(Cc2ccccc2Cl)c(Cl)c1. The lowest BCUT2D eigenvalue weighted by Gasteiger charge is -2.26. The summed E-state index contributed by atoms with van der Waals surface area (Å²) in [5, 5.41) is 3.64. The Kier molecular flexibility index (Phi) is 6.33. The number of imide groups is 2. The number of rotatable bonds is 4. The van der Waals surface area contributed by atoms with E-state index in [-0.39, 0.29) is 11.3 Å². The Labute approximate surface area is 199 Å². The van der Waals surface area contributed by atoms with E-state index in [9.17, 15) is 14.4 Å². The normalized spacial score (nSPS) is 15.3. The molecule has 1 saturated heterocycles. The molecule has 0 atom stereocenters. The molecule has 1 fully saturated rings. The summed E-state index contributed by atoms with van der Waals surface area (Å²) >= 11 is 18.7. The molecule has 32 heavy (non-hydrogen) atoms. The van der Waals surface area contributed by atoms with Crippen molar-refractivity contribution < 1.29 is 14.4 Å². The Hall–Kier alpha value is -3.12. The number of halogens is 3. The van der Waals surface area contributed by atoms with Gasteiger partial charge in [-0.1, -0.05) is 71.2 Å². The van der Waals surface area contributed by atoms with Crippen molar-refractivity contribution in [2.24, 2.45) is 0 Å². The molecule has 160 valence electrons. The molecule has 8 heteroatoms. The summed E-state index contributed by atoms with van der Waals surface area (Å²) in [6.45, 7) is 0. The molecule has 3 aromatic carbocycles. The maximum atomic E-state index is 13.0. The minimum absolute atomic E-state index is 0.195. The third-order valence-corrected chi connectivity index (χ3v) is 5.85. The second-order valence-electron chi connectivity index (χ2n) is 7.06. The molecule has 0 bridgehead atoms. The van der Waals surface area contributed by atoms with Crippen LogP contribution in [0.4, 0.5) is 10.5 Å². The van der Waals surface area contributed by atoms with Crippen LogP contribution in [0.1, 0.15) is 16.7 Å². The van der Waals surface area contributed by atoms with E-state index in [2.05, 4.69) is 5.32 Å². The Morgan fingerprint density at radius 1 is 0.812 bits per heavy atom. The molecule has 1 N–H and O–H groups in total. The fourth-order valence-corrected chi connectivity index (χ4v) is 3.96. The molecule has 0 unspecified atom stereocenters. The number of carbonyl (C=O) groups is 3. The van der Waals surface area contributed by atoms with E-state index >= 15 is 0 Å². The highest BCUT2D eigenvalue weighted by Crippen LogP contribution is 2.27. The smallest absolute Gasteiger partial charge is 0.273 e.